The van der Waals surface area contributed by atoms with Gasteiger partial charge in [-0.1, -0.05) is 19.1 Å². The molecule has 0 saturated heterocycles. The number of nitrogens with zero attached hydrogens (tertiary/aromatic N) is 2. The first-order valence-electron chi connectivity index (χ1n) is 6.18. The number of benzene rings is 1. The summed E-state index contributed by atoms with van der Waals surface area (Å²) in [7, 11) is 5.62. The molecule has 0 aliphatic carbocycles. The van der Waals surface area contributed by atoms with Crippen LogP contribution in [0.15, 0.2) is 24.3 Å². The lowest BCUT2D eigenvalue weighted by molar-refractivity contribution is -0.118. The van der Waals surface area contributed by atoms with Crippen LogP contribution >= 0.6 is 0 Å². The molecule has 1 rings (SSSR count). The lowest BCUT2D eigenvalue weighted by atomic mass is 10.2. The molecule has 0 aliphatic rings. The van der Waals surface area contributed by atoms with E-state index in [2.05, 4.69) is 4.90 Å². The van der Waals surface area contributed by atoms with E-state index in [1.807, 2.05) is 45.3 Å². The van der Waals surface area contributed by atoms with Gasteiger partial charge in [-0.25, -0.2) is 0 Å². The van der Waals surface area contributed by atoms with Gasteiger partial charge in [0, 0.05) is 19.5 Å². The van der Waals surface area contributed by atoms with Crippen LogP contribution in [0.25, 0.3) is 0 Å². The molecule has 1 aromatic carbocycles. The third kappa shape index (κ3) is 3.74. The second-order valence-electron chi connectivity index (χ2n) is 4.37. The first-order valence-corrected chi connectivity index (χ1v) is 6.18. The number of rotatable bonds is 6. The fourth-order valence-corrected chi connectivity index (χ4v) is 1.72. The number of hydrogen-bond donors (Lipinski definition) is 0. The number of hydrogen-bond acceptors (Lipinski definition) is 3. The third-order valence-corrected chi connectivity index (χ3v) is 2.75. The Kier molecular flexibility index (Phi) is 5.65. The molecular weight excluding hydrogens is 228 g/mol. The van der Waals surface area contributed by atoms with Crippen molar-refractivity contribution in [2.45, 2.75) is 13.3 Å². The van der Waals surface area contributed by atoms with Crippen LogP contribution in [0.3, 0.4) is 0 Å². The van der Waals surface area contributed by atoms with Gasteiger partial charge in [0.1, 0.15) is 5.75 Å². The van der Waals surface area contributed by atoms with Gasteiger partial charge in [-0.05, 0) is 26.2 Å². The predicted octanol–water partition coefficient (Wildman–Crippen LogP) is 2.00. The van der Waals surface area contributed by atoms with Crippen LogP contribution < -0.4 is 9.64 Å². The molecule has 4 nitrogen and oxygen atoms in total. The largest absolute Gasteiger partial charge is 0.495 e. The maximum absolute atomic E-state index is 12.0. The van der Waals surface area contributed by atoms with Crippen molar-refractivity contribution >= 4 is 11.6 Å². The molecule has 0 atom stereocenters. The SMILES string of the molecule is CCC(=O)N(CCN(C)C)c1ccccc1OC. The van der Waals surface area contributed by atoms with Crippen LogP contribution in [-0.2, 0) is 4.79 Å². The third-order valence-electron chi connectivity index (χ3n) is 2.75. The summed E-state index contributed by atoms with van der Waals surface area (Å²) >= 11 is 0. The van der Waals surface area contributed by atoms with Crippen LogP contribution in [0.5, 0.6) is 5.75 Å². The summed E-state index contributed by atoms with van der Waals surface area (Å²) < 4.78 is 5.32. The minimum Gasteiger partial charge on any atom is -0.495 e. The highest BCUT2D eigenvalue weighted by atomic mass is 16.5. The number of methoxy groups -OCH3 is 1. The van der Waals surface area contributed by atoms with Crippen molar-refractivity contribution in [2.75, 3.05) is 39.2 Å². The van der Waals surface area contributed by atoms with E-state index in [1.165, 1.54) is 0 Å². The zero-order valence-corrected chi connectivity index (χ0v) is 11.6. The Labute approximate surface area is 109 Å². The van der Waals surface area contributed by atoms with Crippen molar-refractivity contribution in [2.24, 2.45) is 0 Å². The van der Waals surface area contributed by atoms with Crippen molar-refractivity contribution in [1.82, 2.24) is 4.90 Å². The molecule has 0 aliphatic heterocycles. The van der Waals surface area contributed by atoms with Gasteiger partial charge < -0.3 is 14.5 Å². The summed E-state index contributed by atoms with van der Waals surface area (Å²) in [5.74, 6) is 0.847. The number of anilines is 1. The lowest BCUT2D eigenvalue weighted by Crippen LogP contribution is -2.36. The fraction of sp³-hybridized carbons (Fsp3) is 0.500. The average Bonchev–Trinajstić information content (AvgIpc) is 2.38. The highest BCUT2D eigenvalue weighted by Gasteiger charge is 2.17. The van der Waals surface area contributed by atoms with Gasteiger partial charge in [-0.3, -0.25) is 4.79 Å². The molecule has 0 unspecified atom stereocenters. The van der Waals surface area contributed by atoms with Crippen LogP contribution in [0.1, 0.15) is 13.3 Å². The van der Waals surface area contributed by atoms with E-state index in [1.54, 1.807) is 12.0 Å². The van der Waals surface area contributed by atoms with Crippen LogP contribution in [0.2, 0.25) is 0 Å². The predicted molar refractivity (Wildman–Crippen MR) is 74.2 cm³/mol. The minimum atomic E-state index is 0.112. The van der Waals surface area contributed by atoms with Gasteiger partial charge in [0.25, 0.3) is 0 Å². The molecule has 1 aromatic rings. The maximum Gasteiger partial charge on any atom is 0.226 e. The number of carbonyl (C=O) groups is 1. The fourth-order valence-electron chi connectivity index (χ4n) is 1.72. The smallest absolute Gasteiger partial charge is 0.226 e. The topological polar surface area (TPSA) is 32.8 Å². The maximum atomic E-state index is 12.0. The second-order valence-corrected chi connectivity index (χ2v) is 4.37. The molecule has 0 bridgehead atoms. The number of carbonyl (C=O) groups excluding carboxylic acids is 1. The molecule has 0 radical (unpaired) electrons. The minimum absolute atomic E-state index is 0.112. The summed E-state index contributed by atoms with van der Waals surface area (Å²) in [6, 6.07) is 7.62. The van der Waals surface area contributed by atoms with E-state index in [4.69, 9.17) is 4.74 Å². The Morgan fingerprint density at radius 3 is 2.44 bits per heavy atom. The zero-order chi connectivity index (χ0) is 13.5. The molecule has 100 valence electrons. The Balaban J connectivity index is 2.97. The first kappa shape index (κ1) is 14.5. The van der Waals surface area contributed by atoms with Gasteiger partial charge in [0.2, 0.25) is 5.91 Å². The van der Waals surface area contributed by atoms with Crippen LogP contribution in [0.4, 0.5) is 5.69 Å². The Morgan fingerprint density at radius 2 is 1.89 bits per heavy atom. The quantitative estimate of drug-likeness (QED) is 0.774. The highest BCUT2D eigenvalue weighted by Crippen LogP contribution is 2.27. The highest BCUT2D eigenvalue weighted by molar-refractivity contribution is 5.94. The number of ether oxygens (including phenoxy) is 1. The Bertz CT molecular complexity index is 391. The van der Waals surface area contributed by atoms with E-state index in [0.717, 1.165) is 18.0 Å². The molecule has 0 spiro atoms. The van der Waals surface area contributed by atoms with Gasteiger partial charge in [-0.15, -0.1) is 0 Å². The van der Waals surface area contributed by atoms with Crippen molar-refractivity contribution in [3.05, 3.63) is 24.3 Å². The van der Waals surface area contributed by atoms with Crippen molar-refractivity contribution in [1.29, 1.82) is 0 Å². The summed E-state index contributed by atoms with van der Waals surface area (Å²) in [5, 5.41) is 0. The second kappa shape index (κ2) is 7.01. The van der Waals surface area contributed by atoms with E-state index in [0.29, 0.717) is 13.0 Å². The normalized spacial score (nSPS) is 10.5. The van der Waals surface area contributed by atoms with Gasteiger partial charge in [0.15, 0.2) is 0 Å². The first-order chi connectivity index (χ1) is 8.60. The van der Waals surface area contributed by atoms with Crippen LogP contribution in [0, 0.1) is 0 Å². The van der Waals surface area contributed by atoms with Crippen molar-refractivity contribution in [3.63, 3.8) is 0 Å². The van der Waals surface area contributed by atoms with E-state index < -0.39 is 0 Å². The Morgan fingerprint density at radius 1 is 1.22 bits per heavy atom. The summed E-state index contributed by atoms with van der Waals surface area (Å²) in [4.78, 5) is 15.9. The molecule has 0 fully saturated rings. The van der Waals surface area contributed by atoms with E-state index >= 15 is 0 Å². The molecule has 0 aromatic heterocycles. The van der Waals surface area contributed by atoms with Crippen molar-refractivity contribution in [3.8, 4) is 5.75 Å². The van der Waals surface area contributed by atoms with E-state index in [9.17, 15) is 4.79 Å². The molecule has 0 N–H and O–H groups in total. The average molecular weight is 250 g/mol. The molecule has 18 heavy (non-hydrogen) atoms. The number of para-hydroxylation sites is 2. The number of amides is 1. The van der Waals surface area contributed by atoms with Gasteiger partial charge in [-0.2, -0.15) is 0 Å². The van der Waals surface area contributed by atoms with Crippen LogP contribution in [-0.4, -0.2) is 45.1 Å². The molecule has 4 heteroatoms. The molecule has 0 heterocycles. The molecule has 1 amide bonds. The van der Waals surface area contributed by atoms with Gasteiger partial charge >= 0.3 is 0 Å². The standard InChI is InChI=1S/C14H22N2O2/c1-5-14(17)16(11-10-15(2)3)12-8-6-7-9-13(12)18-4/h6-9H,5,10-11H2,1-4H3. The lowest BCUT2D eigenvalue weighted by Gasteiger charge is -2.25. The molecular formula is C14H22N2O2. The summed E-state index contributed by atoms with van der Waals surface area (Å²) in [6.45, 7) is 3.37. The van der Waals surface area contributed by atoms with E-state index in [-0.39, 0.29) is 5.91 Å². The summed E-state index contributed by atoms with van der Waals surface area (Å²) in [6.07, 6.45) is 0.492. The zero-order valence-electron chi connectivity index (χ0n) is 11.6. The molecule has 0 saturated carbocycles. The van der Waals surface area contributed by atoms with Crippen molar-refractivity contribution < 1.29 is 9.53 Å². The van der Waals surface area contributed by atoms with Gasteiger partial charge in [0.05, 0.1) is 12.8 Å². The number of likely N-dealkylation sites (N-methyl/N-ethyl adjacent to an activating group) is 1. The summed E-state index contributed by atoms with van der Waals surface area (Å²) in [5.41, 5.74) is 0.841. The monoisotopic (exact) mass is 250 g/mol. The Hall–Kier alpha value is -1.55.